The second-order valence-corrected chi connectivity index (χ2v) is 16.6. The van der Waals surface area contributed by atoms with Crippen molar-refractivity contribution in [3.8, 4) is 0 Å². The van der Waals surface area contributed by atoms with Crippen LogP contribution in [-0.4, -0.2) is 53.3 Å². The van der Waals surface area contributed by atoms with Crippen LogP contribution in [0, 0.1) is 0 Å². The van der Waals surface area contributed by atoms with E-state index in [1.54, 1.807) is 0 Å². The van der Waals surface area contributed by atoms with Gasteiger partial charge in [0.15, 0.2) is 6.10 Å². The molecule has 1 rings (SSSR count). The summed E-state index contributed by atoms with van der Waals surface area (Å²) < 4.78 is 32.0. The van der Waals surface area contributed by atoms with Gasteiger partial charge in [-0.1, -0.05) is 190 Å². The molecule has 0 saturated carbocycles. The maximum Gasteiger partial charge on any atom is 0.469 e. The molecule has 0 amide bonds. The number of epoxide rings is 1. The molecular weight excluding hydrogens is 739 g/mol. The van der Waals surface area contributed by atoms with Crippen molar-refractivity contribution in [2.45, 2.75) is 212 Å². The standard InChI is InChI=1S/C47H81O9P/c1-3-5-7-8-9-10-11-12-13-14-15-16-17-18-23-26-29-32-36-40-47(49)55-43(42-54-57(50,51)52)41-53-46(48)39-35-31-28-25-22-20-19-21-24-27-30-34-38-45-44(56-45)37-33-6-4-2/h6,20-22,24,28,30-31,33-34,43-45H,3-5,7-19,23,25-27,29,32,35-42H2,1-2H3,(H2,50,51,52)/b22-20-,24-21-,31-28-,33-6-,34-30-/t43-,44?,45?/m1/s1. The number of hydrogen-bond acceptors (Lipinski definition) is 7. The van der Waals surface area contributed by atoms with E-state index in [4.69, 9.17) is 24.0 Å². The van der Waals surface area contributed by atoms with Gasteiger partial charge in [-0.2, -0.15) is 0 Å². The van der Waals surface area contributed by atoms with Crippen molar-refractivity contribution in [2.75, 3.05) is 13.2 Å². The molecule has 328 valence electrons. The van der Waals surface area contributed by atoms with Crippen LogP contribution in [0.25, 0.3) is 0 Å². The van der Waals surface area contributed by atoms with Crippen LogP contribution < -0.4 is 0 Å². The van der Waals surface area contributed by atoms with Gasteiger partial charge in [-0.15, -0.1) is 0 Å². The Kier molecular flexibility index (Phi) is 35.1. The van der Waals surface area contributed by atoms with E-state index in [1.165, 1.54) is 96.3 Å². The van der Waals surface area contributed by atoms with Crippen molar-refractivity contribution >= 4 is 19.8 Å². The van der Waals surface area contributed by atoms with Crippen LogP contribution in [0.1, 0.15) is 194 Å². The maximum atomic E-state index is 12.4. The first-order valence-corrected chi connectivity index (χ1v) is 24.2. The average Bonchev–Trinajstić information content (AvgIpc) is 3.94. The molecule has 3 atom stereocenters. The molecule has 0 aromatic rings. The molecule has 1 aliphatic heterocycles. The van der Waals surface area contributed by atoms with E-state index < -0.39 is 32.5 Å². The molecule has 1 heterocycles. The lowest BCUT2D eigenvalue weighted by Gasteiger charge is -2.18. The third-order valence-corrected chi connectivity index (χ3v) is 10.5. The van der Waals surface area contributed by atoms with Gasteiger partial charge in [-0.25, -0.2) is 4.57 Å². The predicted molar refractivity (Wildman–Crippen MR) is 234 cm³/mol. The summed E-state index contributed by atoms with van der Waals surface area (Å²) in [5.41, 5.74) is 0. The second kappa shape index (κ2) is 37.9. The fraction of sp³-hybridized carbons (Fsp3) is 0.745. The first-order chi connectivity index (χ1) is 27.7. The van der Waals surface area contributed by atoms with Gasteiger partial charge < -0.3 is 24.0 Å². The number of carbonyl (C=O) groups excluding carboxylic acids is 2. The zero-order valence-electron chi connectivity index (χ0n) is 35.9. The predicted octanol–water partition coefficient (Wildman–Crippen LogP) is 13.1. The second-order valence-electron chi connectivity index (χ2n) is 15.4. The maximum absolute atomic E-state index is 12.4. The molecule has 1 fully saturated rings. The van der Waals surface area contributed by atoms with Gasteiger partial charge in [0.25, 0.3) is 0 Å². The third-order valence-electron chi connectivity index (χ3n) is 9.97. The van der Waals surface area contributed by atoms with Gasteiger partial charge in [0.2, 0.25) is 0 Å². The van der Waals surface area contributed by atoms with Gasteiger partial charge in [0.05, 0.1) is 18.8 Å². The SMILES string of the molecule is CC/C=C\CC1OC1C/C=C\C/C=C\C/C=C\C/C=C\CCC(=O)OC[C@H](COP(=O)(O)O)OC(=O)CCCCCCCCCCCCCCCCCCCCC. The number of hydrogen-bond donors (Lipinski definition) is 2. The highest BCUT2D eigenvalue weighted by molar-refractivity contribution is 7.46. The quantitative estimate of drug-likeness (QED) is 0.0204. The molecule has 0 aliphatic carbocycles. The number of carbonyl (C=O) groups is 2. The van der Waals surface area contributed by atoms with Gasteiger partial charge in [-0.05, 0) is 51.4 Å². The number of allylic oxidation sites excluding steroid dienone is 8. The lowest BCUT2D eigenvalue weighted by Crippen LogP contribution is -2.29. The molecule has 9 nitrogen and oxygen atoms in total. The van der Waals surface area contributed by atoms with Crippen LogP contribution in [0.5, 0.6) is 0 Å². The number of unbranched alkanes of at least 4 members (excludes halogenated alkanes) is 18. The lowest BCUT2D eigenvalue weighted by atomic mass is 10.0. The van der Waals surface area contributed by atoms with Crippen LogP contribution in [0.3, 0.4) is 0 Å². The minimum absolute atomic E-state index is 0.138. The summed E-state index contributed by atoms with van der Waals surface area (Å²) in [7, 11) is -4.78. The summed E-state index contributed by atoms with van der Waals surface area (Å²) in [5, 5.41) is 0. The van der Waals surface area contributed by atoms with Crippen molar-refractivity contribution < 1.29 is 42.7 Å². The van der Waals surface area contributed by atoms with Crippen molar-refractivity contribution in [2.24, 2.45) is 0 Å². The van der Waals surface area contributed by atoms with E-state index in [0.717, 1.165) is 57.8 Å². The van der Waals surface area contributed by atoms with E-state index >= 15 is 0 Å². The molecule has 0 bridgehead atoms. The molecule has 0 spiro atoms. The Labute approximate surface area is 347 Å². The zero-order chi connectivity index (χ0) is 41.5. The monoisotopic (exact) mass is 821 g/mol. The molecular formula is C47H81O9P. The van der Waals surface area contributed by atoms with E-state index in [1.807, 2.05) is 12.2 Å². The summed E-state index contributed by atoms with van der Waals surface area (Å²) in [6.45, 7) is 3.52. The Balaban J connectivity index is 2.07. The zero-order valence-corrected chi connectivity index (χ0v) is 36.8. The van der Waals surface area contributed by atoms with Crippen molar-refractivity contribution in [1.29, 1.82) is 0 Å². The minimum Gasteiger partial charge on any atom is -0.462 e. The summed E-state index contributed by atoms with van der Waals surface area (Å²) >= 11 is 0. The van der Waals surface area contributed by atoms with Crippen LogP contribution in [0.15, 0.2) is 60.8 Å². The van der Waals surface area contributed by atoms with Crippen molar-refractivity contribution in [3.05, 3.63) is 60.8 Å². The topological polar surface area (TPSA) is 132 Å². The molecule has 10 heteroatoms. The molecule has 0 aromatic heterocycles. The number of phosphoric acid groups is 1. The Bertz CT molecular complexity index is 1170. The first-order valence-electron chi connectivity index (χ1n) is 22.7. The third kappa shape index (κ3) is 37.7. The summed E-state index contributed by atoms with van der Waals surface area (Å²) in [4.78, 5) is 42.9. The number of rotatable bonds is 40. The largest absolute Gasteiger partial charge is 0.469 e. The Morgan fingerprint density at radius 1 is 0.561 bits per heavy atom. The van der Waals surface area contributed by atoms with Gasteiger partial charge in [-0.3, -0.25) is 14.1 Å². The van der Waals surface area contributed by atoms with E-state index in [-0.39, 0.29) is 19.4 Å². The van der Waals surface area contributed by atoms with E-state index in [9.17, 15) is 14.2 Å². The van der Waals surface area contributed by atoms with Gasteiger partial charge >= 0.3 is 19.8 Å². The summed E-state index contributed by atoms with van der Waals surface area (Å²) in [5.74, 6) is -0.983. The average molecular weight is 821 g/mol. The molecule has 2 unspecified atom stereocenters. The Morgan fingerprint density at radius 3 is 1.47 bits per heavy atom. The Morgan fingerprint density at radius 2 is 1.00 bits per heavy atom. The molecule has 57 heavy (non-hydrogen) atoms. The Hall–Kier alpha value is -2.29. The highest BCUT2D eigenvalue weighted by Gasteiger charge is 2.35. The van der Waals surface area contributed by atoms with Crippen molar-refractivity contribution in [3.63, 3.8) is 0 Å². The molecule has 2 N–H and O–H groups in total. The number of esters is 2. The minimum atomic E-state index is -4.78. The fourth-order valence-corrected chi connectivity index (χ4v) is 6.86. The van der Waals surface area contributed by atoms with Gasteiger partial charge in [0, 0.05) is 12.8 Å². The number of phosphoric ester groups is 1. The molecule has 1 aliphatic rings. The molecule has 1 saturated heterocycles. The fourth-order valence-electron chi connectivity index (χ4n) is 6.50. The van der Waals surface area contributed by atoms with Crippen LogP contribution >= 0.6 is 7.82 Å². The van der Waals surface area contributed by atoms with Gasteiger partial charge in [0.1, 0.15) is 6.61 Å². The van der Waals surface area contributed by atoms with Crippen LogP contribution in [-0.2, 0) is 32.9 Å². The van der Waals surface area contributed by atoms with Crippen LogP contribution in [0.4, 0.5) is 0 Å². The summed E-state index contributed by atoms with van der Waals surface area (Å²) in [6, 6.07) is 0. The highest BCUT2D eigenvalue weighted by atomic mass is 31.2. The summed E-state index contributed by atoms with van der Waals surface area (Å²) in [6.07, 6.45) is 51.4. The number of ether oxygens (including phenoxy) is 3. The van der Waals surface area contributed by atoms with Crippen molar-refractivity contribution in [1.82, 2.24) is 0 Å². The lowest BCUT2D eigenvalue weighted by molar-refractivity contribution is -0.161. The normalized spacial score (nSPS) is 16.6. The van der Waals surface area contributed by atoms with E-state index in [0.29, 0.717) is 25.0 Å². The van der Waals surface area contributed by atoms with Crippen LogP contribution in [0.2, 0.25) is 0 Å². The highest BCUT2D eigenvalue weighted by Crippen LogP contribution is 2.36. The smallest absolute Gasteiger partial charge is 0.462 e. The molecule has 0 radical (unpaired) electrons. The first kappa shape index (κ1) is 52.7. The molecule has 0 aromatic carbocycles. The van der Waals surface area contributed by atoms with E-state index in [2.05, 4.69) is 67.0 Å².